The number of hydrogen-bond donors (Lipinski definition) is 3. The summed E-state index contributed by atoms with van der Waals surface area (Å²) in [6.45, 7) is 10.8. The minimum Gasteiger partial charge on any atom is -0.306 e. The first-order valence-corrected chi connectivity index (χ1v) is 7.74. The van der Waals surface area contributed by atoms with Gasteiger partial charge < -0.3 is 5.84 Å². The van der Waals surface area contributed by atoms with Crippen LogP contribution in [-0.4, -0.2) is 14.5 Å². The average Bonchev–Trinajstić information content (AvgIpc) is 2.33. The molecule has 1 heterocycles. The molecule has 1 atom stereocenters. The third-order valence-electron chi connectivity index (χ3n) is 3.80. The van der Waals surface area contributed by atoms with Gasteiger partial charge in [0.1, 0.15) is 10.7 Å². The van der Waals surface area contributed by atoms with Crippen molar-refractivity contribution in [3.05, 3.63) is 38.4 Å². The van der Waals surface area contributed by atoms with Crippen LogP contribution in [0.2, 0.25) is 5.15 Å². The van der Waals surface area contributed by atoms with Gasteiger partial charge in [0.25, 0.3) is 0 Å². The quantitative estimate of drug-likeness (QED) is 0.542. The lowest BCUT2D eigenvalue weighted by molar-refractivity contribution is 0.698. The van der Waals surface area contributed by atoms with Crippen molar-refractivity contribution in [2.24, 2.45) is 0 Å². The average molecular weight is 300 g/mol. The Kier molecular flexibility index (Phi) is 3.69. The first kappa shape index (κ1) is 14.1. The second-order valence-electron chi connectivity index (χ2n) is 4.83. The molecule has 0 aliphatic rings. The van der Waals surface area contributed by atoms with Gasteiger partial charge in [0.05, 0.1) is 0 Å². The SMILES string of the molecule is Cc1c(C)c(C)c(-[s+]2cc(Cl)[nH]n(N)[nH]2)c(C)c1C. The van der Waals surface area contributed by atoms with Gasteiger partial charge in [-0.15, -0.1) is 0 Å². The van der Waals surface area contributed by atoms with Crippen molar-refractivity contribution >= 4 is 22.3 Å². The number of nitrogens with one attached hydrogen (secondary N) is 2. The second-order valence-corrected chi connectivity index (χ2v) is 6.74. The smallest absolute Gasteiger partial charge is 0.209 e. The van der Waals surface area contributed by atoms with Crippen LogP contribution in [0.25, 0.3) is 4.90 Å². The summed E-state index contributed by atoms with van der Waals surface area (Å²) in [4.78, 5) is 2.59. The third kappa shape index (κ3) is 2.40. The monoisotopic (exact) mass is 299 g/mol. The molecular weight excluding hydrogens is 280 g/mol. The molecule has 0 radical (unpaired) electrons. The maximum Gasteiger partial charge on any atom is 0.209 e. The molecule has 2 rings (SSSR count). The highest BCUT2D eigenvalue weighted by molar-refractivity contribution is 7.33. The van der Waals surface area contributed by atoms with Gasteiger partial charge in [-0.3, -0.25) is 0 Å². The molecule has 0 bridgehead atoms. The molecular formula is C13H20ClN4S+. The van der Waals surface area contributed by atoms with Crippen LogP contribution in [0.5, 0.6) is 0 Å². The maximum atomic E-state index is 6.07. The van der Waals surface area contributed by atoms with E-state index in [2.05, 4.69) is 44.2 Å². The van der Waals surface area contributed by atoms with Crippen LogP contribution in [0.1, 0.15) is 27.8 Å². The van der Waals surface area contributed by atoms with E-state index < -0.39 is 0 Å². The Labute approximate surface area is 120 Å². The number of H-pyrrole nitrogens is 2. The first-order valence-electron chi connectivity index (χ1n) is 6.08. The summed E-state index contributed by atoms with van der Waals surface area (Å²) >= 11 is 6.07. The molecule has 104 valence electrons. The van der Waals surface area contributed by atoms with E-state index in [1.807, 2.05) is 5.38 Å². The van der Waals surface area contributed by atoms with E-state index in [1.54, 1.807) is 0 Å². The Morgan fingerprint density at radius 2 is 1.47 bits per heavy atom. The zero-order chi connectivity index (χ0) is 14.3. The topological polar surface area (TPSA) is 62.5 Å². The van der Waals surface area contributed by atoms with Crippen LogP contribution < -0.4 is 5.84 Å². The van der Waals surface area contributed by atoms with Gasteiger partial charge in [0.2, 0.25) is 10.3 Å². The molecule has 0 amide bonds. The zero-order valence-electron chi connectivity index (χ0n) is 11.9. The van der Waals surface area contributed by atoms with E-state index in [0.717, 1.165) is 0 Å². The number of nitrogens with two attached hydrogens (primary N) is 1. The van der Waals surface area contributed by atoms with Crippen molar-refractivity contribution in [3.8, 4) is 4.90 Å². The Morgan fingerprint density at radius 1 is 1.00 bits per heavy atom. The van der Waals surface area contributed by atoms with Crippen molar-refractivity contribution in [1.29, 1.82) is 0 Å². The van der Waals surface area contributed by atoms with Crippen molar-refractivity contribution in [1.82, 2.24) is 14.5 Å². The summed E-state index contributed by atoms with van der Waals surface area (Å²) in [5, 5.41) is 5.30. The van der Waals surface area contributed by atoms with Crippen LogP contribution >= 0.6 is 22.3 Å². The second kappa shape index (κ2) is 4.98. The maximum absolute atomic E-state index is 6.07. The van der Waals surface area contributed by atoms with E-state index in [1.165, 1.54) is 37.6 Å². The number of benzene rings is 1. The summed E-state index contributed by atoms with van der Waals surface area (Å²) < 4.78 is 3.19. The highest BCUT2D eigenvalue weighted by atomic mass is 35.5. The Bertz CT molecular complexity index is 621. The Balaban J connectivity index is 2.82. The van der Waals surface area contributed by atoms with E-state index >= 15 is 0 Å². The van der Waals surface area contributed by atoms with Gasteiger partial charge in [0.15, 0.2) is 5.15 Å². The van der Waals surface area contributed by atoms with Crippen LogP contribution in [-0.2, 0) is 0 Å². The number of hydrogen-bond acceptors (Lipinski definition) is 1. The summed E-state index contributed by atoms with van der Waals surface area (Å²) in [6, 6.07) is 0. The lowest BCUT2D eigenvalue weighted by atomic mass is 9.95. The molecule has 0 aliphatic carbocycles. The highest BCUT2D eigenvalue weighted by Gasteiger charge is 2.22. The molecule has 2 aromatic rings. The molecule has 6 heteroatoms. The fraction of sp³-hybridized carbons (Fsp3) is 0.385. The van der Waals surface area contributed by atoms with Crippen LogP contribution in [0.3, 0.4) is 0 Å². The molecule has 1 aromatic heterocycles. The van der Waals surface area contributed by atoms with Gasteiger partial charge in [-0.05, 0) is 51.3 Å². The van der Waals surface area contributed by atoms with Gasteiger partial charge in [-0.2, -0.15) is 0 Å². The van der Waals surface area contributed by atoms with E-state index in [4.69, 9.17) is 17.4 Å². The molecule has 4 nitrogen and oxygen atoms in total. The summed E-state index contributed by atoms with van der Waals surface area (Å²) in [5.74, 6) is 5.75. The Morgan fingerprint density at radius 3 is 1.95 bits per heavy atom. The van der Waals surface area contributed by atoms with Crippen molar-refractivity contribution < 1.29 is 0 Å². The molecule has 19 heavy (non-hydrogen) atoms. The van der Waals surface area contributed by atoms with Crippen molar-refractivity contribution in [2.75, 3.05) is 5.84 Å². The lowest BCUT2D eigenvalue weighted by Crippen LogP contribution is -2.16. The molecule has 0 fully saturated rings. The number of nitrogen functional groups attached to an aromatic ring is 1. The summed E-state index contributed by atoms with van der Waals surface area (Å²) in [7, 11) is -0.326. The van der Waals surface area contributed by atoms with Gasteiger partial charge in [-0.1, -0.05) is 21.0 Å². The summed E-state index contributed by atoms with van der Waals surface area (Å²) in [6.07, 6.45) is 0. The number of aromatic nitrogens is 3. The lowest BCUT2D eigenvalue weighted by Gasteiger charge is -2.13. The van der Waals surface area contributed by atoms with E-state index in [0.29, 0.717) is 5.15 Å². The zero-order valence-corrected chi connectivity index (χ0v) is 13.5. The van der Waals surface area contributed by atoms with Crippen LogP contribution in [0.15, 0.2) is 5.38 Å². The van der Waals surface area contributed by atoms with Crippen LogP contribution in [0.4, 0.5) is 0 Å². The largest absolute Gasteiger partial charge is 0.306 e. The highest BCUT2D eigenvalue weighted by Crippen LogP contribution is 2.38. The van der Waals surface area contributed by atoms with Crippen LogP contribution in [0, 0.1) is 34.6 Å². The fourth-order valence-corrected chi connectivity index (χ4v) is 4.40. The molecule has 0 saturated heterocycles. The molecule has 0 spiro atoms. The van der Waals surface area contributed by atoms with E-state index in [-0.39, 0.29) is 10.7 Å². The van der Waals surface area contributed by atoms with Gasteiger partial charge >= 0.3 is 0 Å². The Hall–Kier alpha value is -1.33. The number of nitrogens with zero attached hydrogens (tertiary/aromatic N) is 1. The third-order valence-corrected chi connectivity index (χ3v) is 6.04. The first-order chi connectivity index (χ1) is 8.82. The standard InChI is InChI=1S/C13H20ClN4S/c1-7-8(2)10(4)13(11(5)9(7)3)19-6-12(14)16-18(15)17-19/h6,16-17H,15H2,1-5H3/q+1. The van der Waals surface area contributed by atoms with Crippen molar-refractivity contribution in [2.45, 2.75) is 34.6 Å². The summed E-state index contributed by atoms with van der Waals surface area (Å²) in [5.41, 5.74) is 6.62. The number of halogens is 1. The normalized spacial score (nSPS) is 11.8. The molecule has 1 unspecified atom stereocenters. The molecule has 4 N–H and O–H groups in total. The van der Waals surface area contributed by atoms with E-state index in [9.17, 15) is 0 Å². The predicted molar refractivity (Wildman–Crippen MR) is 83.4 cm³/mol. The minimum absolute atomic E-state index is 0.326. The fourth-order valence-electron chi connectivity index (χ4n) is 2.30. The number of aromatic amines is 2. The van der Waals surface area contributed by atoms with Crippen molar-refractivity contribution in [3.63, 3.8) is 0 Å². The number of rotatable bonds is 1. The molecule has 1 aromatic carbocycles. The van der Waals surface area contributed by atoms with Gasteiger partial charge in [-0.25, -0.2) is 5.10 Å². The molecule has 0 aliphatic heterocycles. The van der Waals surface area contributed by atoms with Gasteiger partial charge in [0, 0.05) is 11.1 Å². The molecule has 0 saturated carbocycles. The predicted octanol–water partition coefficient (Wildman–Crippen LogP) is 3.92. The minimum atomic E-state index is -0.326.